The largest absolute Gasteiger partial charge is 0.416 e. The normalized spacial score (nSPS) is 11.6. The van der Waals surface area contributed by atoms with E-state index in [9.17, 15) is 18.0 Å². The van der Waals surface area contributed by atoms with Gasteiger partial charge in [0, 0.05) is 17.9 Å². The molecule has 0 fully saturated rings. The van der Waals surface area contributed by atoms with E-state index in [1.807, 2.05) is 6.07 Å². The second-order valence-corrected chi connectivity index (χ2v) is 5.25. The van der Waals surface area contributed by atoms with Gasteiger partial charge < -0.3 is 11.1 Å². The molecule has 2 rings (SSSR count). The number of halogens is 3. The molecule has 1 amide bonds. The molecular weight excluding hydrogens is 309 g/mol. The fourth-order valence-electron chi connectivity index (χ4n) is 2.22. The number of anilines is 1. The van der Waals surface area contributed by atoms with Crippen LogP contribution in [-0.2, 0) is 24.1 Å². The van der Waals surface area contributed by atoms with Crippen molar-refractivity contribution in [2.45, 2.75) is 33.1 Å². The molecule has 0 saturated heterocycles. The van der Waals surface area contributed by atoms with Gasteiger partial charge in [-0.1, -0.05) is 0 Å². The summed E-state index contributed by atoms with van der Waals surface area (Å²) in [5, 5.41) is 6.60. The third-order valence-corrected chi connectivity index (χ3v) is 3.24. The zero-order valence-corrected chi connectivity index (χ0v) is 12.7. The topological polar surface area (TPSA) is 72.9 Å². The number of aryl methyl sites for hydroxylation is 2. The Morgan fingerprint density at radius 2 is 1.96 bits per heavy atom. The number of nitrogens with one attached hydrogen (secondary N) is 1. The van der Waals surface area contributed by atoms with E-state index in [1.54, 1.807) is 13.8 Å². The predicted molar refractivity (Wildman–Crippen MR) is 79.7 cm³/mol. The maximum atomic E-state index is 12.9. The van der Waals surface area contributed by atoms with Gasteiger partial charge >= 0.3 is 6.18 Å². The van der Waals surface area contributed by atoms with Crippen LogP contribution in [0.25, 0.3) is 0 Å². The van der Waals surface area contributed by atoms with E-state index in [-0.39, 0.29) is 18.8 Å². The Bertz CT molecular complexity index is 722. The van der Waals surface area contributed by atoms with Gasteiger partial charge in [0.1, 0.15) is 6.54 Å². The lowest BCUT2D eigenvalue weighted by Crippen LogP contribution is -2.21. The third-order valence-electron chi connectivity index (χ3n) is 3.24. The quantitative estimate of drug-likeness (QED) is 0.907. The molecule has 8 heteroatoms. The first-order valence-corrected chi connectivity index (χ1v) is 6.91. The van der Waals surface area contributed by atoms with Gasteiger partial charge in [-0.3, -0.25) is 9.48 Å². The van der Waals surface area contributed by atoms with Gasteiger partial charge in [0.05, 0.1) is 11.3 Å². The Hall–Kier alpha value is -2.35. The lowest BCUT2D eigenvalue weighted by Gasteiger charge is -2.13. The molecule has 1 aromatic carbocycles. The molecule has 2 aromatic rings. The van der Waals surface area contributed by atoms with Gasteiger partial charge in [0.25, 0.3) is 0 Å². The number of nitrogens with zero attached hydrogens (tertiary/aromatic N) is 2. The Morgan fingerprint density at radius 3 is 2.48 bits per heavy atom. The molecule has 0 radical (unpaired) electrons. The van der Waals surface area contributed by atoms with E-state index in [1.165, 1.54) is 10.7 Å². The Morgan fingerprint density at radius 1 is 1.26 bits per heavy atom. The van der Waals surface area contributed by atoms with Crippen molar-refractivity contribution in [2.75, 3.05) is 5.32 Å². The number of hydrogen-bond donors (Lipinski definition) is 2. The van der Waals surface area contributed by atoms with Crippen molar-refractivity contribution in [3.63, 3.8) is 0 Å². The molecule has 0 saturated carbocycles. The zero-order valence-electron chi connectivity index (χ0n) is 12.7. The average Bonchev–Trinajstić information content (AvgIpc) is 2.75. The van der Waals surface area contributed by atoms with Crippen LogP contribution in [0.1, 0.15) is 22.5 Å². The Labute approximate surface area is 131 Å². The molecule has 0 spiro atoms. The van der Waals surface area contributed by atoms with Gasteiger partial charge in [-0.2, -0.15) is 18.3 Å². The highest BCUT2D eigenvalue weighted by molar-refractivity contribution is 5.90. The fraction of sp³-hybridized carbons (Fsp3) is 0.333. The van der Waals surface area contributed by atoms with E-state index in [0.29, 0.717) is 5.56 Å². The molecule has 1 aromatic heterocycles. The first kappa shape index (κ1) is 17.0. The third kappa shape index (κ3) is 4.32. The van der Waals surface area contributed by atoms with Crippen molar-refractivity contribution in [2.24, 2.45) is 5.73 Å². The lowest BCUT2D eigenvalue weighted by atomic mass is 10.1. The smallest absolute Gasteiger partial charge is 0.326 e. The SMILES string of the molecule is Cc1cc(C)n(CC(=O)Nc2cc(CN)cc(C(F)(F)F)c2)n1. The highest BCUT2D eigenvalue weighted by Crippen LogP contribution is 2.32. The van der Waals surface area contributed by atoms with Crippen LogP contribution >= 0.6 is 0 Å². The fourth-order valence-corrected chi connectivity index (χ4v) is 2.22. The number of rotatable bonds is 4. The van der Waals surface area contributed by atoms with E-state index in [2.05, 4.69) is 10.4 Å². The van der Waals surface area contributed by atoms with E-state index in [4.69, 9.17) is 5.73 Å². The summed E-state index contributed by atoms with van der Waals surface area (Å²) >= 11 is 0. The zero-order chi connectivity index (χ0) is 17.2. The number of amides is 1. The molecule has 1 heterocycles. The van der Waals surface area contributed by atoms with Crippen molar-refractivity contribution in [1.29, 1.82) is 0 Å². The number of carbonyl (C=O) groups is 1. The Kier molecular flexibility index (Phi) is 4.74. The van der Waals surface area contributed by atoms with Gasteiger partial charge in [0.15, 0.2) is 0 Å². The number of aromatic nitrogens is 2. The average molecular weight is 326 g/mol. The van der Waals surface area contributed by atoms with Crippen molar-refractivity contribution in [1.82, 2.24) is 9.78 Å². The van der Waals surface area contributed by atoms with E-state index < -0.39 is 17.6 Å². The number of nitrogens with two attached hydrogens (primary N) is 1. The standard InChI is InChI=1S/C15H17F3N4O/c1-9-3-10(2)22(21-9)8-14(23)20-13-5-11(7-19)4-12(6-13)15(16,17)18/h3-6H,7-8,19H2,1-2H3,(H,20,23). The molecule has 5 nitrogen and oxygen atoms in total. The summed E-state index contributed by atoms with van der Waals surface area (Å²) in [6.45, 7) is 3.46. The molecular formula is C15H17F3N4O. The van der Waals surface area contributed by atoms with Crippen molar-refractivity contribution in [3.8, 4) is 0 Å². The maximum absolute atomic E-state index is 12.9. The van der Waals surface area contributed by atoms with Crippen LogP contribution in [-0.4, -0.2) is 15.7 Å². The van der Waals surface area contributed by atoms with Crippen LogP contribution in [0.15, 0.2) is 24.3 Å². The molecule has 0 aliphatic carbocycles. The van der Waals surface area contributed by atoms with Gasteiger partial charge in [-0.05, 0) is 43.7 Å². The second kappa shape index (κ2) is 6.41. The summed E-state index contributed by atoms with van der Waals surface area (Å²) in [5.41, 5.74) is 6.48. The van der Waals surface area contributed by atoms with Crippen LogP contribution in [0.4, 0.5) is 18.9 Å². The molecule has 0 aliphatic heterocycles. The molecule has 124 valence electrons. The molecule has 0 bridgehead atoms. The van der Waals surface area contributed by atoms with Crippen molar-refractivity contribution in [3.05, 3.63) is 46.8 Å². The van der Waals surface area contributed by atoms with Crippen LogP contribution in [0.3, 0.4) is 0 Å². The highest BCUT2D eigenvalue weighted by atomic mass is 19.4. The number of benzene rings is 1. The van der Waals surface area contributed by atoms with Crippen molar-refractivity contribution < 1.29 is 18.0 Å². The van der Waals surface area contributed by atoms with E-state index in [0.717, 1.165) is 23.5 Å². The van der Waals surface area contributed by atoms with Crippen LogP contribution in [0.5, 0.6) is 0 Å². The van der Waals surface area contributed by atoms with Crippen molar-refractivity contribution >= 4 is 11.6 Å². The number of alkyl halides is 3. The first-order chi connectivity index (χ1) is 10.7. The molecule has 23 heavy (non-hydrogen) atoms. The molecule has 3 N–H and O–H groups in total. The van der Waals surface area contributed by atoms with Gasteiger partial charge in [-0.25, -0.2) is 0 Å². The minimum atomic E-state index is -4.50. The summed E-state index contributed by atoms with van der Waals surface area (Å²) in [7, 11) is 0. The maximum Gasteiger partial charge on any atom is 0.416 e. The van der Waals surface area contributed by atoms with Gasteiger partial charge in [0.2, 0.25) is 5.91 Å². The number of carbonyl (C=O) groups excluding carboxylic acids is 1. The van der Waals surface area contributed by atoms with Gasteiger partial charge in [-0.15, -0.1) is 0 Å². The first-order valence-electron chi connectivity index (χ1n) is 6.91. The van der Waals surface area contributed by atoms with Crippen LogP contribution in [0, 0.1) is 13.8 Å². The summed E-state index contributed by atoms with van der Waals surface area (Å²) in [5.74, 6) is -0.460. The summed E-state index contributed by atoms with van der Waals surface area (Å²) in [6, 6.07) is 5.09. The minimum absolute atomic E-state index is 0.0513. The minimum Gasteiger partial charge on any atom is -0.326 e. The predicted octanol–water partition coefficient (Wildman–Crippen LogP) is 2.62. The summed E-state index contributed by atoms with van der Waals surface area (Å²) < 4.78 is 40.1. The monoisotopic (exact) mass is 326 g/mol. The summed E-state index contributed by atoms with van der Waals surface area (Å²) in [4.78, 5) is 12.0. The molecule has 0 atom stereocenters. The number of hydrogen-bond acceptors (Lipinski definition) is 3. The summed E-state index contributed by atoms with van der Waals surface area (Å²) in [6.07, 6.45) is -4.50. The second-order valence-electron chi connectivity index (χ2n) is 5.25. The molecule has 0 aliphatic rings. The van der Waals surface area contributed by atoms with E-state index >= 15 is 0 Å². The lowest BCUT2D eigenvalue weighted by molar-refractivity contribution is -0.137. The van der Waals surface area contributed by atoms with Crippen LogP contribution < -0.4 is 11.1 Å². The highest BCUT2D eigenvalue weighted by Gasteiger charge is 2.31. The molecule has 0 unspecified atom stereocenters. The van der Waals surface area contributed by atoms with Crippen LogP contribution in [0.2, 0.25) is 0 Å². The Balaban J connectivity index is 2.18.